The number of ether oxygens (including phenoxy) is 1. The van der Waals surface area contributed by atoms with Gasteiger partial charge in [-0.2, -0.15) is 5.10 Å². The maximum atomic E-state index is 13.3. The zero-order chi connectivity index (χ0) is 30.2. The lowest BCUT2D eigenvalue weighted by molar-refractivity contribution is 0.0169. The number of fused-ring (bicyclic) bond motifs is 1. The third-order valence-electron chi connectivity index (χ3n) is 7.46. The number of carbonyl (C=O) groups excluding carboxylic acids is 2. The normalized spacial score (nSPS) is 15.7. The second-order valence-electron chi connectivity index (χ2n) is 12.2. The molecule has 1 aliphatic rings. The van der Waals surface area contributed by atoms with Crippen molar-refractivity contribution in [3.63, 3.8) is 0 Å². The number of aryl methyl sites for hydroxylation is 1. The van der Waals surface area contributed by atoms with E-state index in [0.717, 1.165) is 29.7 Å². The van der Waals surface area contributed by atoms with Crippen molar-refractivity contribution >= 4 is 34.5 Å². The Morgan fingerprint density at radius 3 is 2.62 bits per heavy atom. The number of benzene rings is 2. The lowest BCUT2D eigenvalue weighted by atomic mass is 9.97. The molecule has 2 amide bonds. The van der Waals surface area contributed by atoms with Gasteiger partial charge in [-0.3, -0.25) is 4.79 Å². The fraction of sp³-hybridized carbons (Fsp3) is 0.406. The minimum atomic E-state index is -0.578. The number of carbonyl (C=O) groups is 2. The summed E-state index contributed by atoms with van der Waals surface area (Å²) in [5.41, 5.74) is 11.3. The average Bonchev–Trinajstić information content (AvgIpc) is 3.33. The first-order chi connectivity index (χ1) is 19.9. The molecule has 2 aromatic heterocycles. The van der Waals surface area contributed by atoms with Gasteiger partial charge in [0.1, 0.15) is 23.4 Å². The van der Waals surface area contributed by atoms with Gasteiger partial charge in [0, 0.05) is 29.9 Å². The van der Waals surface area contributed by atoms with E-state index >= 15 is 0 Å². The molecular weight excluding hydrogens is 530 g/mol. The summed E-state index contributed by atoms with van der Waals surface area (Å²) in [6.07, 6.45) is 2.70. The number of hydrogen-bond acceptors (Lipinski definition) is 7. The van der Waals surface area contributed by atoms with Crippen molar-refractivity contribution in [1.29, 1.82) is 0 Å². The highest BCUT2D eigenvalue weighted by Crippen LogP contribution is 2.34. The van der Waals surface area contributed by atoms with Crippen LogP contribution in [-0.2, 0) is 4.74 Å². The zero-order valence-corrected chi connectivity index (χ0v) is 25.1. The Labute approximate surface area is 246 Å². The van der Waals surface area contributed by atoms with Gasteiger partial charge in [-0.1, -0.05) is 32.0 Å². The number of piperidine rings is 1. The van der Waals surface area contributed by atoms with Crippen LogP contribution < -0.4 is 11.1 Å². The highest BCUT2D eigenvalue weighted by atomic mass is 16.6. The number of likely N-dealkylation sites (tertiary alicyclic amines) is 1. The molecule has 1 atom stereocenters. The molecule has 3 heterocycles. The van der Waals surface area contributed by atoms with Crippen molar-refractivity contribution in [3.05, 3.63) is 65.5 Å². The lowest BCUT2D eigenvalue weighted by Gasteiger charge is -2.34. The fourth-order valence-electron chi connectivity index (χ4n) is 5.51. The van der Waals surface area contributed by atoms with Gasteiger partial charge in [0.15, 0.2) is 5.65 Å². The number of anilines is 2. The van der Waals surface area contributed by atoms with Crippen LogP contribution in [0.3, 0.4) is 0 Å². The van der Waals surface area contributed by atoms with E-state index in [-0.39, 0.29) is 18.0 Å². The van der Waals surface area contributed by atoms with E-state index < -0.39 is 5.60 Å². The zero-order valence-electron chi connectivity index (χ0n) is 25.1. The Bertz CT molecular complexity index is 1640. The number of hydrogen-bond donors (Lipinski definition) is 2. The number of nitrogens with one attached hydrogen (secondary N) is 1. The van der Waals surface area contributed by atoms with Crippen LogP contribution in [0.2, 0.25) is 0 Å². The molecule has 1 saturated heterocycles. The summed E-state index contributed by atoms with van der Waals surface area (Å²) >= 11 is 0. The molecule has 1 aliphatic heterocycles. The topological polar surface area (TPSA) is 128 Å². The summed E-state index contributed by atoms with van der Waals surface area (Å²) in [4.78, 5) is 36.6. The number of aromatic nitrogens is 4. The molecule has 0 bridgehead atoms. The Kier molecular flexibility index (Phi) is 7.90. The van der Waals surface area contributed by atoms with Crippen LogP contribution in [0.1, 0.15) is 80.9 Å². The molecule has 3 N–H and O–H groups in total. The molecule has 220 valence electrons. The lowest BCUT2D eigenvalue weighted by Crippen LogP contribution is -2.43. The summed E-state index contributed by atoms with van der Waals surface area (Å²) in [6, 6.07) is 13.2. The minimum Gasteiger partial charge on any atom is -0.444 e. The molecule has 42 heavy (non-hydrogen) atoms. The van der Waals surface area contributed by atoms with Gasteiger partial charge in [0.25, 0.3) is 5.91 Å². The van der Waals surface area contributed by atoms with Crippen molar-refractivity contribution < 1.29 is 14.3 Å². The molecule has 0 radical (unpaired) electrons. The molecule has 4 aromatic rings. The summed E-state index contributed by atoms with van der Waals surface area (Å²) in [6.45, 7) is 13.0. The standard InChI is InChI=1S/C32H39N7O3/c1-19(2)25-13-12-23(15-20(25)3)36-30(40)22-10-7-9-21(16-22)27-26-28(33)34-18-35-29(26)39(37-27)24-11-8-14-38(17-24)31(41)42-32(4,5)6/h7,9-10,12-13,15-16,18-19,24H,8,11,14,17H2,1-6H3,(H,36,40)(H2,33,34,35)/t24-/m1/s1. The van der Waals surface area contributed by atoms with Gasteiger partial charge >= 0.3 is 6.09 Å². The van der Waals surface area contributed by atoms with E-state index in [4.69, 9.17) is 15.6 Å². The second-order valence-corrected chi connectivity index (χ2v) is 12.2. The number of nitrogens with zero attached hydrogens (tertiary/aromatic N) is 5. The van der Waals surface area contributed by atoms with Crippen LogP contribution in [0.15, 0.2) is 48.8 Å². The van der Waals surface area contributed by atoms with Crippen LogP contribution >= 0.6 is 0 Å². The van der Waals surface area contributed by atoms with E-state index in [1.54, 1.807) is 17.0 Å². The molecule has 1 fully saturated rings. The Morgan fingerprint density at radius 2 is 1.90 bits per heavy atom. The van der Waals surface area contributed by atoms with E-state index in [9.17, 15) is 9.59 Å². The Balaban J connectivity index is 1.45. The molecule has 5 rings (SSSR count). The van der Waals surface area contributed by atoms with Crippen LogP contribution in [-0.4, -0.2) is 55.3 Å². The van der Waals surface area contributed by atoms with Gasteiger partial charge in [-0.15, -0.1) is 0 Å². The third kappa shape index (κ3) is 6.07. The Hall–Kier alpha value is -4.47. The van der Waals surface area contributed by atoms with Crippen LogP contribution in [0.4, 0.5) is 16.3 Å². The molecule has 10 heteroatoms. The van der Waals surface area contributed by atoms with Crippen LogP contribution in [0, 0.1) is 6.92 Å². The number of nitrogens with two attached hydrogens (primary N) is 1. The largest absolute Gasteiger partial charge is 0.444 e. The summed E-state index contributed by atoms with van der Waals surface area (Å²) in [5, 5.41) is 8.59. The van der Waals surface area contributed by atoms with Crippen molar-refractivity contribution in [2.24, 2.45) is 0 Å². The number of rotatable bonds is 5. The predicted octanol–water partition coefficient (Wildman–Crippen LogP) is 6.33. The van der Waals surface area contributed by atoms with E-state index in [0.29, 0.717) is 47.1 Å². The fourth-order valence-corrected chi connectivity index (χ4v) is 5.51. The third-order valence-corrected chi connectivity index (χ3v) is 7.46. The smallest absolute Gasteiger partial charge is 0.410 e. The van der Waals surface area contributed by atoms with E-state index in [1.165, 1.54) is 11.9 Å². The first kappa shape index (κ1) is 29.0. The molecule has 0 saturated carbocycles. The van der Waals surface area contributed by atoms with Gasteiger partial charge in [-0.05, 0) is 81.8 Å². The van der Waals surface area contributed by atoms with Gasteiger partial charge in [-0.25, -0.2) is 19.4 Å². The predicted molar refractivity (Wildman–Crippen MR) is 164 cm³/mol. The number of nitrogen functional groups attached to an aromatic ring is 1. The van der Waals surface area contributed by atoms with Crippen molar-refractivity contribution in [2.45, 2.75) is 71.9 Å². The van der Waals surface area contributed by atoms with Gasteiger partial charge in [0.05, 0.1) is 11.4 Å². The van der Waals surface area contributed by atoms with Gasteiger partial charge in [0.2, 0.25) is 0 Å². The van der Waals surface area contributed by atoms with Crippen LogP contribution in [0.5, 0.6) is 0 Å². The van der Waals surface area contributed by atoms with Gasteiger partial charge < -0.3 is 20.7 Å². The minimum absolute atomic E-state index is 0.125. The van der Waals surface area contributed by atoms with Crippen LogP contribution in [0.25, 0.3) is 22.3 Å². The maximum absolute atomic E-state index is 13.3. The molecule has 2 aromatic carbocycles. The molecule has 0 unspecified atom stereocenters. The number of amides is 2. The van der Waals surface area contributed by atoms with Crippen molar-refractivity contribution in [3.8, 4) is 11.3 Å². The van der Waals surface area contributed by atoms with E-state index in [2.05, 4.69) is 42.1 Å². The molecule has 10 nitrogen and oxygen atoms in total. The molecular formula is C32H39N7O3. The first-order valence-electron chi connectivity index (χ1n) is 14.4. The van der Waals surface area contributed by atoms with Crippen molar-refractivity contribution in [1.82, 2.24) is 24.6 Å². The highest BCUT2D eigenvalue weighted by molar-refractivity contribution is 6.06. The summed E-state index contributed by atoms with van der Waals surface area (Å²) in [7, 11) is 0. The summed E-state index contributed by atoms with van der Waals surface area (Å²) in [5.74, 6) is 0.491. The molecule has 0 spiro atoms. The van der Waals surface area contributed by atoms with Crippen molar-refractivity contribution in [2.75, 3.05) is 24.1 Å². The average molecular weight is 570 g/mol. The Morgan fingerprint density at radius 1 is 1.12 bits per heavy atom. The summed E-state index contributed by atoms with van der Waals surface area (Å²) < 4.78 is 7.46. The first-order valence-corrected chi connectivity index (χ1v) is 14.4. The second kappa shape index (κ2) is 11.4. The quantitative estimate of drug-likeness (QED) is 0.287. The SMILES string of the molecule is Cc1cc(NC(=O)c2cccc(-c3nn([C@@H]4CCCN(C(=O)OC(C)(C)C)C4)c4ncnc(N)c34)c2)ccc1C(C)C. The molecule has 0 aliphatic carbocycles. The monoisotopic (exact) mass is 569 g/mol. The maximum Gasteiger partial charge on any atom is 0.410 e. The van der Waals surface area contributed by atoms with E-state index in [1.807, 2.05) is 49.7 Å². The highest BCUT2D eigenvalue weighted by Gasteiger charge is 2.31.